The van der Waals surface area contributed by atoms with Crippen LogP contribution in [0.25, 0.3) is 0 Å². The lowest BCUT2D eigenvalue weighted by Gasteiger charge is -2.37. The number of anilines is 2. The van der Waals surface area contributed by atoms with Crippen molar-refractivity contribution in [2.45, 2.75) is 19.8 Å². The van der Waals surface area contributed by atoms with Crippen LogP contribution in [-0.2, 0) is 9.59 Å². The Bertz CT molecular complexity index is 926. The Kier molecular flexibility index (Phi) is 6.39. The van der Waals surface area contributed by atoms with Crippen LogP contribution in [0.1, 0.15) is 19.8 Å². The summed E-state index contributed by atoms with van der Waals surface area (Å²) in [7, 11) is 0. The first-order valence-electron chi connectivity index (χ1n) is 10.9. The van der Waals surface area contributed by atoms with E-state index in [-0.39, 0.29) is 30.0 Å². The third-order valence-corrected chi connectivity index (χ3v) is 5.88. The fourth-order valence-electron chi connectivity index (χ4n) is 4.20. The topological polar surface area (TPSA) is 53.1 Å². The maximum absolute atomic E-state index is 14.0. The summed E-state index contributed by atoms with van der Waals surface area (Å²) in [6, 6.07) is 14.1. The Balaban J connectivity index is 1.34. The average molecular weight is 426 g/mol. The van der Waals surface area contributed by atoms with E-state index in [1.54, 1.807) is 21.9 Å². The number of hydrogen-bond donors (Lipinski definition) is 0. The molecule has 0 aliphatic carbocycles. The molecule has 7 heteroatoms. The van der Waals surface area contributed by atoms with Crippen LogP contribution < -0.4 is 14.5 Å². The zero-order chi connectivity index (χ0) is 21.8. The standard InChI is InChI=1S/C24H28FN3O3/c1-2-15-31-20-9-7-19(8-10-20)28-17-18(16-23(28)29)24(30)27-13-11-26(12-14-27)22-6-4-3-5-21(22)25/h3-10,18H,2,11-17H2,1H3/t18-/m1/s1. The van der Waals surface area contributed by atoms with Crippen LogP contribution in [0, 0.1) is 11.7 Å². The maximum Gasteiger partial charge on any atom is 0.228 e. The summed E-state index contributed by atoms with van der Waals surface area (Å²) in [6.45, 7) is 5.31. The van der Waals surface area contributed by atoms with Crippen LogP contribution in [-0.4, -0.2) is 56.0 Å². The summed E-state index contributed by atoms with van der Waals surface area (Å²) in [6.07, 6.45) is 1.16. The lowest BCUT2D eigenvalue weighted by molar-refractivity contribution is -0.136. The van der Waals surface area contributed by atoms with Crippen LogP contribution >= 0.6 is 0 Å². The number of amides is 2. The van der Waals surface area contributed by atoms with Gasteiger partial charge in [-0.05, 0) is 42.8 Å². The minimum atomic E-state index is -0.344. The van der Waals surface area contributed by atoms with Crippen molar-refractivity contribution in [1.82, 2.24) is 4.90 Å². The number of halogens is 1. The van der Waals surface area contributed by atoms with Gasteiger partial charge in [0.25, 0.3) is 0 Å². The van der Waals surface area contributed by atoms with E-state index in [9.17, 15) is 14.0 Å². The van der Waals surface area contributed by atoms with E-state index in [1.807, 2.05) is 42.2 Å². The predicted octanol–water partition coefficient (Wildman–Crippen LogP) is 3.32. The van der Waals surface area contributed by atoms with Gasteiger partial charge in [0.05, 0.1) is 18.2 Å². The molecule has 2 saturated heterocycles. The van der Waals surface area contributed by atoms with E-state index < -0.39 is 0 Å². The van der Waals surface area contributed by atoms with E-state index >= 15 is 0 Å². The normalized spacial score (nSPS) is 19.1. The number of hydrogen-bond acceptors (Lipinski definition) is 4. The summed E-state index contributed by atoms with van der Waals surface area (Å²) in [4.78, 5) is 31.1. The summed E-state index contributed by atoms with van der Waals surface area (Å²) < 4.78 is 19.6. The van der Waals surface area contributed by atoms with Crippen LogP contribution in [0.3, 0.4) is 0 Å². The van der Waals surface area contributed by atoms with Gasteiger partial charge in [-0.2, -0.15) is 0 Å². The SMILES string of the molecule is CCCOc1ccc(N2C[C@H](C(=O)N3CCN(c4ccccc4F)CC3)CC2=O)cc1. The van der Waals surface area contributed by atoms with E-state index in [4.69, 9.17) is 4.74 Å². The van der Waals surface area contributed by atoms with Gasteiger partial charge in [0.2, 0.25) is 11.8 Å². The first-order valence-corrected chi connectivity index (χ1v) is 10.9. The number of carbonyl (C=O) groups excluding carboxylic acids is 2. The van der Waals surface area contributed by atoms with Crippen LogP contribution in [0.4, 0.5) is 15.8 Å². The quantitative estimate of drug-likeness (QED) is 0.713. The molecule has 2 fully saturated rings. The van der Waals surface area contributed by atoms with Crippen molar-refractivity contribution in [2.24, 2.45) is 5.92 Å². The van der Waals surface area contributed by atoms with Gasteiger partial charge in [0.15, 0.2) is 0 Å². The number of nitrogens with zero attached hydrogens (tertiary/aromatic N) is 3. The molecule has 0 aromatic heterocycles. The molecule has 2 aromatic rings. The molecule has 2 aromatic carbocycles. The molecule has 6 nitrogen and oxygen atoms in total. The minimum Gasteiger partial charge on any atom is -0.494 e. The number of rotatable bonds is 6. The molecular formula is C24H28FN3O3. The zero-order valence-electron chi connectivity index (χ0n) is 17.8. The molecule has 2 heterocycles. The molecule has 0 N–H and O–H groups in total. The molecule has 0 radical (unpaired) electrons. The Morgan fingerprint density at radius 1 is 1.06 bits per heavy atom. The number of piperazine rings is 1. The van der Waals surface area contributed by atoms with Crippen LogP contribution in [0.5, 0.6) is 5.75 Å². The van der Waals surface area contributed by atoms with Gasteiger partial charge in [-0.25, -0.2) is 4.39 Å². The second-order valence-corrected chi connectivity index (χ2v) is 8.01. The molecule has 2 aliphatic heterocycles. The summed E-state index contributed by atoms with van der Waals surface area (Å²) in [5, 5.41) is 0. The van der Waals surface area contributed by atoms with Crippen molar-refractivity contribution < 1.29 is 18.7 Å². The predicted molar refractivity (Wildman–Crippen MR) is 118 cm³/mol. The largest absolute Gasteiger partial charge is 0.494 e. The van der Waals surface area contributed by atoms with Gasteiger partial charge in [0.1, 0.15) is 11.6 Å². The summed E-state index contributed by atoms with van der Waals surface area (Å²) in [5.74, 6) is 0.157. The smallest absolute Gasteiger partial charge is 0.228 e. The molecule has 0 saturated carbocycles. The third-order valence-electron chi connectivity index (χ3n) is 5.88. The highest BCUT2D eigenvalue weighted by Crippen LogP contribution is 2.29. The molecule has 0 spiro atoms. The third kappa shape index (κ3) is 4.65. The first kappa shape index (κ1) is 21.2. The number of benzene rings is 2. The minimum absolute atomic E-state index is 0.00642. The monoisotopic (exact) mass is 425 g/mol. The van der Waals surface area contributed by atoms with E-state index in [1.165, 1.54) is 6.07 Å². The van der Waals surface area contributed by atoms with E-state index in [0.29, 0.717) is 45.0 Å². The maximum atomic E-state index is 14.0. The second kappa shape index (κ2) is 9.37. The van der Waals surface area contributed by atoms with Gasteiger partial charge < -0.3 is 19.4 Å². The van der Waals surface area contributed by atoms with Crippen LogP contribution in [0.2, 0.25) is 0 Å². The van der Waals surface area contributed by atoms with Gasteiger partial charge in [-0.3, -0.25) is 9.59 Å². The Morgan fingerprint density at radius 2 is 1.77 bits per heavy atom. The van der Waals surface area contributed by atoms with Gasteiger partial charge >= 0.3 is 0 Å². The lowest BCUT2D eigenvalue weighted by atomic mass is 10.1. The fraction of sp³-hybridized carbons (Fsp3) is 0.417. The van der Waals surface area contributed by atoms with Crippen LogP contribution in [0.15, 0.2) is 48.5 Å². The van der Waals surface area contributed by atoms with E-state index in [0.717, 1.165) is 17.9 Å². The van der Waals surface area contributed by atoms with Crippen molar-refractivity contribution in [3.05, 3.63) is 54.3 Å². The highest BCUT2D eigenvalue weighted by atomic mass is 19.1. The lowest BCUT2D eigenvalue weighted by Crippen LogP contribution is -2.51. The molecule has 0 bridgehead atoms. The average Bonchev–Trinajstić information content (AvgIpc) is 3.19. The number of ether oxygens (including phenoxy) is 1. The Morgan fingerprint density at radius 3 is 2.45 bits per heavy atom. The highest BCUT2D eigenvalue weighted by Gasteiger charge is 2.38. The highest BCUT2D eigenvalue weighted by molar-refractivity contribution is 6.00. The molecule has 0 unspecified atom stereocenters. The van der Waals surface area contributed by atoms with Crippen molar-refractivity contribution in [3.8, 4) is 5.75 Å². The second-order valence-electron chi connectivity index (χ2n) is 8.01. The van der Waals surface area contributed by atoms with Gasteiger partial charge in [0, 0.05) is 44.8 Å². The van der Waals surface area contributed by atoms with Gasteiger partial charge in [-0.1, -0.05) is 19.1 Å². The van der Waals surface area contributed by atoms with Gasteiger partial charge in [-0.15, -0.1) is 0 Å². The molecule has 4 rings (SSSR count). The Hall–Kier alpha value is -3.09. The zero-order valence-corrected chi connectivity index (χ0v) is 17.8. The van der Waals surface area contributed by atoms with Crippen molar-refractivity contribution in [2.75, 3.05) is 49.1 Å². The first-order chi connectivity index (χ1) is 15.1. The molecular weight excluding hydrogens is 397 g/mol. The summed E-state index contributed by atoms with van der Waals surface area (Å²) in [5.41, 5.74) is 1.36. The number of para-hydroxylation sites is 1. The molecule has 31 heavy (non-hydrogen) atoms. The Labute approximate surface area is 182 Å². The fourth-order valence-corrected chi connectivity index (χ4v) is 4.20. The molecule has 1 atom stereocenters. The van der Waals surface area contributed by atoms with Crippen molar-refractivity contribution in [1.29, 1.82) is 0 Å². The van der Waals surface area contributed by atoms with Crippen molar-refractivity contribution in [3.63, 3.8) is 0 Å². The molecule has 2 amide bonds. The van der Waals surface area contributed by atoms with E-state index in [2.05, 4.69) is 0 Å². The molecule has 2 aliphatic rings. The van der Waals surface area contributed by atoms with Crippen molar-refractivity contribution >= 4 is 23.2 Å². The number of carbonyl (C=O) groups is 2. The summed E-state index contributed by atoms with van der Waals surface area (Å²) >= 11 is 0. The molecule has 164 valence electrons.